The summed E-state index contributed by atoms with van der Waals surface area (Å²) < 4.78 is 16.4. The SMILES string of the molecule is CC1OC(CO)C(OC2OC(CO)C(O)C(O)C2O)C(O)C1C. The molecule has 2 fully saturated rings. The molecule has 2 aliphatic rings. The number of ether oxygens (including phenoxy) is 3. The van der Waals surface area contributed by atoms with E-state index < -0.39 is 62.2 Å². The molecule has 9 heteroatoms. The van der Waals surface area contributed by atoms with Crippen molar-refractivity contribution in [3.63, 3.8) is 0 Å². The average molecular weight is 338 g/mol. The molecule has 2 saturated heterocycles. The summed E-state index contributed by atoms with van der Waals surface area (Å²) in [6, 6.07) is 0. The van der Waals surface area contributed by atoms with Crippen LogP contribution < -0.4 is 0 Å². The predicted octanol–water partition coefficient (Wildman–Crippen LogP) is -3.05. The fourth-order valence-electron chi connectivity index (χ4n) is 2.92. The molecule has 0 aromatic rings. The highest BCUT2D eigenvalue weighted by Crippen LogP contribution is 2.31. The van der Waals surface area contributed by atoms with Crippen LogP contribution >= 0.6 is 0 Å². The Labute approximate surface area is 134 Å². The van der Waals surface area contributed by atoms with Crippen molar-refractivity contribution >= 4 is 0 Å². The van der Waals surface area contributed by atoms with Crippen LogP contribution in [0.3, 0.4) is 0 Å². The lowest BCUT2D eigenvalue weighted by Gasteiger charge is -2.46. The van der Waals surface area contributed by atoms with E-state index in [0.29, 0.717) is 0 Å². The van der Waals surface area contributed by atoms with Crippen LogP contribution in [0.5, 0.6) is 0 Å². The molecule has 6 N–H and O–H groups in total. The van der Waals surface area contributed by atoms with Crippen LogP contribution in [0.25, 0.3) is 0 Å². The van der Waals surface area contributed by atoms with E-state index in [1.165, 1.54) is 0 Å². The van der Waals surface area contributed by atoms with E-state index in [0.717, 1.165) is 0 Å². The topological polar surface area (TPSA) is 149 Å². The standard InChI is InChI=1S/C14H26O9/c1-5-6(2)21-8(4-16)13(9(5)17)23-14-12(20)11(19)10(18)7(3-15)22-14/h5-20H,3-4H2,1-2H3. The summed E-state index contributed by atoms with van der Waals surface area (Å²) in [5, 5.41) is 58.4. The lowest BCUT2D eigenvalue weighted by Crippen LogP contribution is -2.63. The lowest BCUT2D eigenvalue weighted by atomic mass is 9.88. The minimum absolute atomic E-state index is 0.285. The maximum absolute atomic E-state index is 10.4. The molecule has 10 atom stereocenters. The van der Waals surface area contributed by atoms with Crippen LogP contribution in [0, 0.1) is 5.92 Å². The van der Waals surface area contributed by atoms with E-state index in [4.69, 9.17) is 19.3 Å². The molecule has 0 aromatic carbocycles. The summed E-state index contributed by atoms with van der Waals surface area (Å²) in [5.41, 5.74) is 0. The van der Waals surface area contributed by atoms with Gasteiger partial charge in [0.1, 0.15) is 36.6 Å². The average Bonchev–Trinajstić information content (AvgIpc) is 2.55. The molecule has 0 aliphatic carbocycles. The van der Waals surface area contributed by atoms with Gasteiger partial charge < -0.3 is 44.8 Å². The third kappa shape index (κ3) is 3.68. The van der Waals surface area contributed by atoms with Gasteiger partial charge in [-0.3, -0.25) is 0 Å². The van der Waals surface area contributed by atoms with Crippen molar-refractivity contribution in [2.75, 3.05) is 13.2 Å². The lowest BCUT2D eigenvalue weighted by molar-refractivity contribution is -0.337. The molecule has 2 heterocycles. The van der Waals surface area contributed by atoms with Crippen molar-refractivity contribution in [3.05, 3.63) is 0 Å². The molecule has 0 radical (unpaired) electrons. The van der Waals surface area contributed by atoms with Gasteiger partial charge >= 0.3 is 0 Å². The zero-order valence-corrected chi connectivity index (χ0v) is 13.1. The fraction of sp³-hybridized carbons (Fsp3) is 1.00. The summed E-state index contributed by atoms with van der Waals surface area (Å²) in [6.07, 6.45) is -10.2. The zero-order chi connectivity index (χ0) is 17.3. The molecule has 9 nitrogen and oxygen atoms in total. The molecular weight excluding hydrogens is 312 g/mol. The maximum Gasteiger partial charge on any atom is 0.187 e. The molecular formula is C14H26O9. The molecule has 23 heavy (non-hydrogen) atoms. The normalized spacial score (nSPS) is 51.7. The van der Waals surface area contributed by atoms with Crippen LogP contribution in [0.1, 0.15) is 13.8 Å². The minimum atomic E-state index is -1.58. The van der Waals surface area contributed by atoms with E-state index >= 15 is 0 Å². The van der Waals surface area contributed by atoms with E-state index in [1.54, 1.807) is 13.8 Å². The third-order valence-corrected chi connectivity index (χ3v) is 4.69. The predicted molar refractivity (Wildman–Crippen MR) is 75.2 cm³/mol. The zero-order valence-electron chi connectivity index (χ0n) is 13.1. The van der Waals surface area contributed by atoms with Crippen molar-refractivity contribution < 1.29 is 44.8 Å². The number of hydrogen-bond donors (Lipinski definition) is 6. The second kappa shape index (κ2) is 7.68. The van der Waals surface area contributed by atoms with Crippen molar-refractivity contribution in [1.29, 1.82) is 0 Å². The molecule has 10 unspecified atom stereocenters. The largest absolute Gasteiger partial charge is 0.394 e. The highest BCUT2D eigenvalue weighted by molar-refractivity contribution is 4.93. The molecule has 0 amide bonds. The van der Waals surface area contributed by atoms with Gasteiger partial charge in [0.2, 0.25) is 0 Å². The van der Waals surface area contributed by atoms with Crippen molar-refractivity contribution in [2.24, 2.45) is 5.92 Å². The van der Waals surface area contributed by atoms with Gasteiger partial charge in [-0.25, -0.2) is 0 Å². The monoisotopic (exact) mass is 338 g/mol. The Balaban J connectivity index is 2.11. The van der Waals surface area contributed by atoms with Crippen LogP contribution in [0.2, 0.25) is 0 Å². The highest BCUT2D eigenvalue weighted by atomic mass is 16.7. The first kappa shape index (κ1) is 19.0. The smallest absolute Gasteiger partial charge is 0.187 e. The second-order valence-electron chi connectivity index (χ2n) is 6.21. The molecule has 0 bridgehead atoms. The highest BCUT2D eigenvalue weighted by Gasteiger charge is 2.48. The molecule has 2 aliphatic heterocycles. The van der Waals surface area contributed by atoms with Crippen LogP contribution in [-0.2, 0) is 14.2 Å². The van der Waals surface area contributed by atoms with Crippen molar-refractivity contribution in [1.82, 2.24) is 0 Å². The first-order valence-corrected chi connectivity index (χ1v) is 7.72. The summed E-state index contributed by atoms with van der Waals surface area (Å²) in [4.78, 5) is 0. The third-order valence-electron chi connectivity index (χ3n) is 4.69. The molecule has 136 valence electrons. The van der Waals surface area contributed by atoms with Crippen molar-refractivity contribution in [2.45, 2.75) is 69.0 Å². The number of aliphatic hydroxyl groups excluding tert-OH is 6. The summed E-state index contributed by atoms with van der Waals surface area (Å²) in [7, 11) is 0. The van der Waals surface area contributed by atoms with Gasteiger partial charge in [-0.05, 0) is 6.92 Å². The van der Waals surface area contributed by atoms with Crippen LogP contribution in [0.4, 0.5) is 0 Å². The van der Waals surface area contributed by atoms with Gasteiger partial charge in [-0.2, -0.15) is 0 Å². The first-order chi connectivity index (χ1) is 10.8. The van der Waals surface area contributed by atoms with Gasteiger partial charge in [0, 0.05) is 5.92 Å². The Bertz CT molecular complexity index is 377. The second-order valence-corrected chi connectivity index (χ2v) is 6.21. The quantitative estimate of drug-likeness (QED) is 0.314. The first-order valence-electron chi connectivity index (χ1n) is 7.72. The molecule has 0 saturated carbocycles. The molecule has 0 spiro atoms. The molecule has 2 rings (SSSR count). The minimum Gasteiger partial charge on any atom is -0.394 e. The molecule has 0 aromatic heterocycles. The maximum atomic E-state index is 10.4. The summed E-state index contributed by atoms with van der Waals surface area (Å²) in [5.74, 6) is -0.285. The van der Waals surface area contributed by atoms with E-state index in [9.17, 15) is 25.5 Å². The van der Waals surface area contributed by atoms with E-state index in [-0.39, 0.29) is 12.0 Å². The van der Waals surface area contributed by atoms with Gasteiger partial charge in [0.15, 0.2) is 6.29 Å². The van der Waals surface area contributed by atoms with Gasteiger partial charge in [0.05, 0.1) is 25.4 Å². The van der Waals surface area contributed by atoms with Crippen LogP contribution in [-0.4, -0.2) is 99.0 Å². The van der Waals surface area contributed by atoms with E-state index in [2.05, 4.69) is 0 Å². The Morgan fingerprint density at radius 2 is 1.39 bits per heavy atom. The van der Waals surface area contributed by atoms with E-state index in [1.807, 2.05) is 0 Å². The summed E-state index contributed by atoms with van der Waals surface area (Å²) >= 11 is 0. The Morgan fingerprint density at radius 3 is 1.96 bits per heavy atom. The summed E-state index contributed by atoms with van der Waals surface area (Å²) in [6.45, 7) is 2.54. The van der Waals surface area contributed by atoms with Crippen molar-refractivity contribution in [3.8, 4) is 0 Å². The fourth-order valence-corrected chi connectivity index (χ4v) is 2.92. The number of rotatable bonds is 4. The number of aliphatic hydroxyl groups is 6. The van der Waals surface area contributed by atoms with Gasteiger partial charge in [-0.15, -0.1) is 0 Å². The van der Waals surface area contributed by atoms with Gasteiger partial charge in [0.25, 0.3) is 0 Å². The Morgan fingerprint density at radius 1 is 0.783 bits per heavy atom. The Hall–Kier alpha value is -0.360. The Kier molecular flexibility index (Phi) is 6.34. The number of hydrogen-bond acceptors (Lipinski definition) is 9. The van der Waals surface area contributed by atoms with Gasteiger partial charge in [-0.1, -0.05) is 6.92 Å². The van der Waals surface area contributed by atoms with Crippen LogP contribution in [0.15, 0.2) is 0 Å².